The highest BCUT2D eigenvalue weighted by atomic mass is 32.2. The van der Waals surface area contributed by atoms with Gasteiger partial charge in [0.15, 0.2) is 0 Å². The van der Waals surface area contributed by atoms with Crippen LogP contribution in [-0.2, 0) is 9.59 Å². The lowest BCUT2D eigenvalue weighted by molar-refractivity contribution is -0.106. The van der Waals surface area contributed by atoms with Crippen LogP contribution in [0.4, 0.5) is 0 Å². The van der Waals surface area contributed by atoms with Gasteiger partial charge in [-0.15, -0.1) is 45.3 Å². The summed E-state index contributed by atoms with van der Waals surface area (Å²) in [5, 5.41) is 4.84. The molecule has 2 aliphatic rings. The molecule has 8 rings (SSSR count). The topological polar surface area (TPSA) is 34.1 Å². The monoisotopic (exact) mass is 826 g/mol. The molecule has 0 bridgehead atoms. The van der Waals surface area contributed by atoms with Crippen LogP contribution in [0.3, 0.4) is 0 Å². The molecule has 6 aromatic rings. The van der Waals surface area contributed by atoms with Crippen LogP contribution in [0, 0.1) is 0 Å². The Morgan fingerprint density at radius 2 is 0.750 bits per heavy atom. The highest BCUT2D eigenvalue weighted by Gasteiger charge is 2.39. The SMILES string of the molecule is CC(C)(C)[Si](C)(C)c1ccc(-c2ccc(C3=c4ccc5c6c(ccc5c4SC3=O)=C(c3ccc(-c4ccc([Si](C)(C)C(C)(C)C)s4)s3)C(=O)S6)s2)s1. The first-order valence-corrected chi connectivity index (χ1v) is 28.5. The van der Waals surface area contributed by atoms with Crippen molar-refractivity contribution >= 4 is 126 Å². The van der Waals surface area contributed by atoms with E-state index in [1.54, 1.807) is 22.7 Å². The minimum absolute atomic E-state index is 0.0944. The van der Waals surface area contributed by atoms with E-state index in [1.165, 1.54) is 52.0 Å². The van der Waals surface area contributed by atoms with E-state index in [9.17, 15) is 9.59 Å². The average molecular weight is 827 g/mol. The zero-order chi connectivity index (χ0) is 37.1. The number of carbonyl (C=O) groups excluding carboxylic acids is 2. The Hall–Kier alpha value is -2.29. The first-order valence-electron chi connectivity index (χ1n) is 17.6. The van der Waals surface area contributed by atoms with E-state index in [0.29, 0.717) is 0 Å². The molecule has 0 aliphatic carbocycles. The molecule has 0 spiro atoms. The Labute approximate surface area is 333 Å². The second-order valence-electron chi connectivity index (χ2n) is 16.9. The molecule has 0 unspecified atom stereocenters. The van der Waals surface area contributed by atoms with Gasteiger partial charge < -0.3 is 0 Å². The number of hydrogen-bond acceptors (Lipinski definition) is 8. The van der Waals surface area contributed by atoms with E-state index < -0.39 is 16.1 Å². The van der Waals surface area contributed by atoms with Crippen LogP contribution in [0.1, 0.15) is 51.3 Å². The molecule has 52 heavy (non-hydrogen) atoms. The first kappa shape index (κ1) is 36.7. The van der Waals surface area contributed by atoms with Gasteiger partial charge in [0.25, 0.3) is 0 Å². The Morgan fingerprint density at radius 3 is 1.12 bits per heavy atom. The highest BCUT2D eigenvalue weighted by molar-refractivity contribution is 8.15. The quantitative estimate of drug-likeness (QED) is 0.157. The lowest BCUT2D eigenvalue weighted by Crippen LogP contribution is -2.47. The third-order valence-corrected chi connectivity index (χ3v) is 32.3. The molecule has 2 aliphatic heterocycles. The number of thioether (sulfide) groups is 2. The maximum Gasteiger partial charge on any atom is 0.226 e. The van der Waals surface area contributed by atoms with Crippen molar-refractivity contribution in [1.82, 2.24) is 0 Å². The number of benzene rings is 2. The first-order chi connectivity index (χ1) is 24.4. The molecule has 0 fully saturated rings. The summed E-state index contributed by atoms with van der Waals surface area (Å²) in [5.74, 6) is 0. The van der Waals surface area contributed by atoms with E-state index in [0.717, 1.165) is 51.9 Å². The Kier molecular flexibility index (Phi) is 8.91. The van der Waals surface area contributed by atoms with Gasteiger partial charge in [-0.25, -0.2) is 0 Å². The number of rotatable bonds is 6. The molecule has 0 atom stereocenters. The van der Waals surface area contributed by atoms with Crippen LogP contribution < -0.4 is 19.4 Å². The second kappa shape index (κ2) is 12.6. The molecule has 0 saturated heterocycles. The summed E-state index contributed by atoms with van der Waals surface area (Å²) in [4.78, 5) is 36.4. The Morgan fingerprint density at radius 1 is 0.423 bits per heavy atom. The fourth-order valence-corrected chi connectivity index (χ4v) is 19.6. The summed E-state index contributed by atoms with van der Waals surface area (Å²) >= 11 is 9.94. The fraction of sp³-hybridized carbons (Fsp3) is 0.286. The summed E-state index contributed by atoms with van der Waals surface area (Å²) in [5.41, 5.74) is 1.60. The van der Waals surface area contributed by atoms with Crippen LogP contribution in [-0.4, -0.2) is 26.4 Å². The minimum atomic E-state index is -1.62. The van der Waals surface area contributed by atoms with Gasteiger partial charge in [-0.3, -0.25) is 9.59 Å². The smallest absolute Gasteiger partial charge is 0.226 e. The lowest BCUT2D eigenvalue weighted by atomic mass is 10.0. The van der Waals surface area contributed by atoms with E-state index in [1.807, 2.05) is 22.7 Å². The van der Waals surface area contributed by atoms with Crippen molar-refractivity contribution in [2.24, 2.45) is 0 Å². The van der Waals surface area contributed by atoms with Crippen LogP contribution in [0.15, 0.2) is 82.6 Å². The maximum atomic E-state index is 13.7. The molecule has 2 nitrogen and oxygen atoms in total. The standard InChI is InChI=1S/C42H42O2S6Si2/c1-41(2,3)51(7,8)33-21-19-29(47-33)27-15-17-31(45-27)35-25-13-11-24-23(37(25)49-39(35)43)12-14-26-36(40(44)50-38(24)26)32-18-16-28(46-32)30-20-22-34(48-30)52(9,10)42(4,5)6/h11-22H,1-10H3. The molecule has 4 aromatic heterocycles. The van der Waals surface area contributed by atoms with E-state index in [-0.39, 0.29) is 20.3 Å². The number of hydrogen-bond donors (Lipinski definition) is 0. The molecule has 0 N–H and O–H groups in total. The van der Waals surface area contributed by atoms with Gasteiger partial charge in [-0.2, -0.15) is 0 Å². The number of carbonyl (C=O) groups is 2. The van der Waals surface area contributed by atoms with Crippen molar-refractivity contribution in [3.8, 4) is 19.5 Å². The van der Waals surface area contributed by atoms with Crippen molar-refractivity contribution in [3.63, 3.8) is 0 Å². The van der Waals surface area contributed by atoms with E-state index in [4.69, 9.17) is 0 Å². The normalized spacial score (nSPS) is 15.3. The summed E-state index contributed by atoms with van der Waals surface area (Å²) in [6.07, 6.45) is 0. The van der Waals surface area contributed by atoms with Gasteiger partial charge in [0.2, 0.25) is 10.2 Å². The Bertz CT molecular complexity index is 2420. The molecule has 0 radical (unpaired) electrons. The zero-order valence-corrected chi connectivity index (χ0v) is 38.1. The molecule has 266 valence electrons. The van der Waals surface area contributed by atoms with Gasteiger partial charge >= 0.3 is 0 Å². The van der Waals surface area contributed by atoms with Crippen molar-refractivity contribution in [3.05, 3.63) is 93.0 Å². The third kappa shape index (κ3) is 5.82. The van der Waals surface area contributed by atoms with Crippen molar-refractivity contribution in [2.45, 2.75) is 87.6 Å². The summed E-state index contributed by atoms with van der Waals surface area (Å²) in [6.45, 7) is 24.0. The molecule has 0 amide bonds. The van der Waals surface area contributed by atoms with Gasteiger partial charge in [0, 0.05) is 49.5 Å². The van der Waals surface area contributed by atoms with Crippen molar-refractivity contribution < 1.29 is 9.59 Å². The lowest BCUT2D eigenvalue weighted by Gasteiger charge is -2.35. The molecule has 0 saturated carbocycles. The van der Waals surface area contributed by atoms with E-state index >= 15 is 0 Å². The average Bonchev–Trinajstić information content (AvgIpc) is 3.90. The predicted molar refractivity (Wildman–Crippen MR) is 239 cm³/mol. The third-order valence-electron chi connectivity index (χ3n) is 11.8. The molecular formula is C42H42O2S6Si2. The summed E-state index contributed by atoms with van der Waals surface area (Å²) in [6, 6.07) is 26.3. The molecular weight excluding hydrogens is 785 g/mol. The second-order valence-corrected chi connectivity index (χ2v) is 34.5. The molecule has 6 heterocycles. The van der Waals surface area contributed by atoms with E-state index in [2.05, 4.69) is 141 Å². The Balaban J connectivity index is 1.15. The highest BCUT2D eigenvalue weighted by Crippen LogP contribution is 2.45. The predicted octanol–water partition coefficient (Wildman–Crippen LogP) is 11.5. The van der Waals surface area contributed by atoms with Crippen molar-refractivity contribution in [1.29, 1.82) is 0 Å². The maximum absolute atomic E-state index is 13.7. The van der Waals surface area contributed by atoms with Crippen molar-refractivity contribution in [2.75, 3.05) is 0 Å². The molecule has 10 heteroatoms. The number of thiophene rings is 4. The van der Waals surface area contributed by atoms with Gasteiger partial charge in [-0.05, 0) is 89.8 Å². The molecule has 2 aromatic carbocycles. The van der Waals surface area contributed by atoms with Gasteiger partial charge in [-0.1, -0.05) is 104 Å². The van der Waals surface area contributed by atoms with Crippen LogP contribution in [0.2, 0.25) is 36.3 Å². The van der Waals surface area contributed by atoms with Crippen LogP contribution in [0.25, 0.3) is 41.4 Å². The van der Waals surface area contributed by atoms with Crippen LogP contribution in [0.5, 0.6) is 0 Å². The zero-order valence-electron chi connectivity index (χ0n) is 31.2. The fourth-order valence-electron chi connectivity index (χ4n) is 6.50. The summed E-state index contributed by atoms with van der Waals surface area (Å²) < 4.78 is 3.04. The number of fused-ring (bicyclic) bond motifs is 5. The summed E-state index contributed by atoms with van der Waals surface area (Å²) in [7, 11) is -3.23. The van der Waals surface area contributed by atoms with Gasteiger partial charge in [0.1, 0.15) is 0 Å². The largest absolute Gasteiger partial charge is 0.281 e. The van der Waals surface area contributed by atoms with Crippen LogP contribution >= 0.6 is 68.9 Å². The van der Waals surface area contributed by atoms with Gasteiger partial charge in [0.05, 0.1) is 27.3 Å². The minimum Gasteiger partial charge on any atom is -0.281 e.